The van der Waals surface area contributed by atoms with Crippen LogP contribution < -0.4 is 9.62 Å². The fraction of sp³-hybridized carbons (Fsp3) is 0.481. The number of nitrogens with zero attached hydrogens (tertiary/aromatic N) is 2. The van der Waals surface area contributed by atoms with Gasteiger partial charge in [-0.2, -0.15) is 0 Å². The molecule has 0 heterocycles. The highest BCUT2D eigenvalue weighted by molar-refractivity contribution is 7.92. The van der Waals surface area contributed by atoms with Crippen molar-refractivity contribution in [2.45, 2.75) is 71.0 Å². The summed E-state index contributed by atoms with van der Waals surface area (Å²) in [6.07, 6.45) is 5.73. The summed E-state index contributed by atoms with van der Waals surface area (Å²) in [6, 6.07) is 14.0. The Balaban J connectivity index is 1.70. The van der Waals surface area contributed by atoms with E-state index in [0.29, 0.717) is 23.7 Å². The topological polar surface area (TPSA) is 86.8 Å². The Morgan fingerprint density at radius 1 is 1.06 bits per heavy atom. The molecule has 0 saturated heterocycles. The first-order valence-electron chi connectivity index (χ1n) is 12.4. The summed E-state index contributed by atoms with van der Waals surface area (Å²) in [7, 11) is -3.54. The van der Waals surface area contributed by atoms with E-state index in [4.69, 9.17) is 11.6 Å². The van der Waals surface area contributed by atoms with Crippen LogP contribution in [-0.4, -0.2) is 50.0 Å². The Bertz CT molecular complexity index is 1130. The zero-order chi connectivity index (χ0) is 26.3. The third-order valence-electron chi connectivity index (χ3n) is 6.61. The molecule has 0 aromatic heterocycles. The standard InChI is InChI=1S/C27H36ClN3O4S/c1-20-10-12-22(13-11-20)19-30(21(2)27(33)29-24-7-4-5-8-24)26(32)9-6-18-31(36(3,34)35)25-16-14-23(28)15-17-25/h10-17,21,24H,4-9,18-19H2,1-3H3,(H,29,33)/t21-/m1/s1. The minimum Gasteiger partial charge on any atom is -0.352 e. The van der Waals surface area contributed by atoms with E-state index in [1.165, 1.54) is 4.31 Å². The van der Waals surface area contributed by atoms with Crippen molar-refractivity contribution in [2.75, 3.05) is 17.1 Å². The van der Waals surface area contributed by atoms with Crippen molar-refractivity contribution < 1.29 is 18.0 Å². The Morgan fingerprint density at radius 2 is 1.67 bits per heavy atom. The van der Waals surface area contributed by atoms with Crippen LogP contribution in [0.4, 0.5) is 5.69 Å². The molecule has 1 aliphatic rings. The molecular weight excluding hydrogens is 498 g/mol. The predicted octanol–water partition coefficient (Wildman–Crippen LogP) is 4.67. The minimum absolute atomic E-state index is 0.118. The van der Waals surface area contributed by atoms with Gasteiger partial charge in [-0.3, -0.25) is 13.9 Å². The summed E-state index contributed by atoms with van der Waals surface area (Å²) in [6.45, 7) is 4.21. The molecular formula is C27H36ClN3O4S. The van der Waals surface area contributed by atoms with Crippen molar-refractivity contribution in [2.24, 2.45) is 0 Å². The number of sulfonamides is 1. The first kappa shape index (κ1) is 28.0. The molecule has 1 atom stereocenters. The van der Waals surface area contributed by atoms with Gasteiger partial charge in [-0.25, -0.2) is 8.42 Å². The fourth-order valence-electron chi connectivity index (χ4n) is 4.48. The van der Waals surface area contributed by atoms with Gasteiger partial charge in [0.15, 0.2) is 0 Å². The van der Waals surface area contributed by atoms with E-state index >= 15 is 0 Å². The lowest BCUT2D eigenvalue weighted by atomic mass is 10.1. The van der Waals surface area contributed by atoms with Crippen LogP contribution in [0.25, 0.3) is 0 Å². The number of halogens is 1. The number of nitrogens with one attached hydrogen (secondary N) is 1. The number of amides is 2. The molecule has 1 aliphatic carbocycles. The third kappa shape index (κ3) is 7.96. The Hall–Kier alpha value is -2.58. The number of hydrogen-bond acceptors (Lipinski definition) is 4. The molecule has 196 valence electrons. The van der Waals surface area contributed by atoms with Crippen molar-refractivity contribution in [1.29, 1.82) is 0 Å². The van der Waals surface area contributed by atoms with E-state index in [1.807, 2.05) is 31.2 Å². The SMILES string of the molecule is Cc1ccc(CN(C(=O)CCCN(c2ccc(Cl)cc2)S(C)(=O)=O)[C@H](C)C(=O)NC2CCCC2)cc1. The van der Waals surface area contributed by atoms with E-state index in [-0.39, 0.29) is 30.8 Å². The smallest absolute Gasteiger partial charge is 0.242 e. The van der Waals surface area contributed by atoms with Gasteiger partial charge in [0.1, 0.15) is 6.04 Å². The summed E-state index contributed by atoms with van der Waals surface area (Å²) in [5, 5.41) is 3.61. The van der Waals surface area contributed by atoms with E-state index in [9.17, 15) is 18.0 Å². The molecule has 2 amide bonds. The van der Waals surface area contributed by atoms with Crippen LogP contribution in [-0.2, 0) is 26.2 Å². The summed E-state index contributed by atoms with van der Waals surface area (Å²) in [5.74, 6) is -0.338. The molecule has 0 aliphatic heterocycles. The molecule has 2 aromatic rings. The highest BCUT2D eigenvalue weighted by Gasteiger charge is 2.28. The zero-order valence-corrected chi connectivity index (χ0v) is 22.8. The van der Waals surface area contributed by atoms with Gasteiger partial charge in [-0.1, -0.05) is 54.3 Å². The Labute approximate surface area is 219 Å². The lowest BCUT2D eigenvalue weighted by molar-refractivity contribution is -0.141. The second-order valence-electron chi connectivity index (χ2n) is 9.59. The fourth-order valence-corrected chi connectivity index (χ4v) is 5.57. The van der Waals surface area contributed by atoms with Gasteiger partial charge in [0.05, 0.1) is 11.9 Å². The van der Waals surface area contributed by atoms with Crippen LogP contribution in [0.1, 0.15) is 56.6 Å². The van der Waals surface area contributed by atoms with E-state index in [0.717, 1.165) is 43.1 Å². The van der Waals surface area contributed by atoms with Crippen molar-refractivity contribution >= 4 is 39.1 Å². The molecule has 2 aromatic carbocycles. The lowest BCUT2D eigenvalue weighted by Crippen LogP contribution is -2.49. The molecule has 0 spiro atoms. The van der Waals surface area contributed by atoms with Crippen molar-refractivity contribution in [1.82, 2.24) is 10.2 Å². The quantitative estimate of drug-likeness (QED) is 0.454. The summed E-state index contributed by atoms with van der Waals surface area (Å²) in [4.78, 5) is 28.0. The number of carbonyl (C=O) groups is 2. The molecule has 7 nitrogen and oxygen atoms in total. The van der Waals surface area contributed by atoms with Gasteiger partial charge < -0.3 is 10.2 Å². The molecule has 0 bridgehead atoms. The first-order valence-corrected chi connectivity index (χ1v) is 14.7. The number of rotatable bonds is 11. The second-order valence-corrected chi connectivity index (χ2v) is 11.9. The van der Waals surface area contributed by atoms with Crippen LogP contribution in [0.3, 0.4) is 0 Å². The average molecular weight is 534 g/mol. The number of anilines is 1. The summed E-state index contributed by atoms with van der Waals surface area (Å²) < 4.78 is 26.1. The number of aryl methyl sites for hydroxylation is 1. The lowest BCUT2D eigenvalue weighted by Gasteiger charge is -2.30. The van der Waals surface area contributed by atoms with Gasteiger partial charge >= 0.3 is 0 Å². The Morgan fingerprint density at radius 3 is 2.25 bits per heavy atom. The summed E-state index contributed by atoms with van der Waals surface area (Å²) in [5.41, 5.74) is 2.55. The van der Waals surface area contributed by atoms with Crippen molar-refractivity contribution in [3.8, 4) is 0 Å². The van der Waals surface area contributed by atoms with Crippen LogP contribution in [0.5, 0.6) is 0 Å². The highest BCUT2D eigenvalue weighted by atomic mass is 35.5. The number of hydrogen-bond donors (Lipinski definition) is 1. The van der Waals surface area contributed by atoms with E-state index in [1.54, 1.807) is 36.1 Å². The van der Waals surface area contributed by atoms with Gasteiger partial charge in [0, 0.05) is 30.6 Å². The van der Waals surface area contributed by atoms with Crippen molar-refractivity contribution in [3.05, 3.63) is 64.7 Å². The monoisotopic (exact) mass is 533 g/mol. The van der Waals surface area contributed by atoms with Gasteiger partial charge in [0.2, 0.25) is 21.8 Å². The van der Waals surface area contributed by atoms with Crippen molar-refractivity contribution in [3.63, 3.8) is 0 Å². The van der Waals surface area contributed by atoms with Gasteiger partial charge in [0.25, 0.3) is 0 Å². The number of benzene rings is 2. The van der Waals surface area contributed by atoms with Crippen LogP contribution in [0.2, 0.25) is 5.02 Å². The first-order chi connectivity index (χ1) is 17.0. The molecule has 0 radical (unpaired) electrons. The van der Waals surface area contributed by atoms with Crippen LogP contribution in [0.15, 0.2) is 48.5 Å². The molecule has 0 unspecified atom stereocenters. The molecule has 3 rings (SSSR count). The highest BCUT2D eigenvalue weighted by Crippen LogP contribution is 2.22. The van der Waals surface area contributed by atoms with Gasteiger partial charge in [-0.15, -0.1) is 0 Å². The Kier molecular flexibility index (Phi) is 9.79. The van der Waals surface area contributed by atoms with Crippen LogP contribution >= 0.6 is 11.6 Å². The number of carbonyl (C=O) groups excluding carboxylic acids is 2. The largest absolute Gasteiger partial charge is 0.352 e. The maximum Gasteiger partial charge on any atom is 0.242 e. The van der Waals surface area contributed by atoms with E-state index in [2.05, 4.69) is 5.32 Å². The third-order valence-corrected chi connectivity index (χ3v) is 8.06. The van der Waals surface area contributed by atoms with Gasteiger partial charge in [-0.05, 0) is 62.9 Å². The minimum atomic E-state index is -3.54. The normalized spacial score (nSPS) is 14.9. The molecule has 1 N–H and O–H groups in total. The van der Waals surface area contributed by atoms with E-state index < -0.39 is 16.1 Å². The maximum absolute atomic E-state index is 13.4. The maximum atomic E-state index is 13.4. The van der Waals surface area contributed by atoms with Crippen LogP contribution in [0, 0.1) is 6.92 Å². The molecule has 1 saturated carbocycles. The average Bonchev–Trinajstić information content (AvgIpc) is 3.34. The second kappa shape index (κ2) is 12.6. The molecule has 36 heavy (non-hydrogen) atoms. The molecule has 9 heteroatoms. The summed E-state index contributed by atoms with van der Waals surface area (Å²) >= 11 is 5.94. The predicted molar refractivity (Wildman–Crippen MR) is 144 cm³/mol. The molecule has 1 fully saturated rings. The zero-order valence-electron chi connectivity index (χ0n) is 21.2.